The number of carbonyl (C=O) groups is 1. The molecule has 0 aliphatic heterocycles. The Labute approximate surface area is 81.9 Å². The summed E-state index contributed by atoms with van der Waals surface area (Å²) in [6, 6.07) is 0.136. The summed E-state index contributed by atoms with van der Waals surface area (Å²) in [7, 11) is 0. The van der Waals surface area contributed by atoms with Crippen LogP contribution in [-0.2, 0) is 4.79 Å². The van der Waals surface area contributed by atoms with Crippen LogP contribution in [0.1, 0.15) is 19.2 Å². The summed E-state index contributed by atoms with van der Waals surface area (Å²) in [5, 5.41) is 9.75. The predicted octanol–water partition coefficient (Wildman–Crippen LogP) is 0.301. The van der Waals surface area contributed by atoms with E-state index >= 15 is 0 Å². The van der Waals surface area contributed by atoms with E-state index in [-0.39, 0.29) is 17.8 Å². The molecular formula is C8H14N4O2. The second-order valence-electron chi connectivity index (χ2n) is 3.09. The Balaban J connectivity index is 2.48. The van der Waals surface area contributed by atoms with Crippen LogP contribution in [0.5, 0.6) is 0 Å². The van der Waals surface area contributed by atoms with Crippen molar-refractivity contribution in [2.45, 2.75) is 20.3 Å². The Kier molecular flexibility index (Phi) is 3.58. The first-order valence-electron chi connectivity index (χ1n) is 4.44. The van der Waals surface area contributed by atoms with E-state index < -0.39 is 0 Å². The number of carbonyl (C=O) groups excluding carboxylic acids is 1. The minimum Gasteiger partial charge on any atom is -0.408 e. The molecule has 0 radical (unpaired) electrons. The van der Waals surface area contributed by atoms with Gasteiger partial charge in [0.05, 0.1) is 0 Å². The first kappa shape index (κ1) is 10.6. The van der Waals surface area contributed by atoms with Gasteiger partial charge in [0.15, 0.2) is 0 Å². The lowest BCUT2D eigenvalue weighted by atomic mass is 10.1. The normalized spacial score (nSPS) is 12.5. The van der Waals surface area contributed by atoms with E-state index in [4.69, 9.17) is 10.2 Å². The first-order valence-corrected chi connectivity index (χ1v) is 4.44. The molecule has 0 fully saturated rings. The summed E-state index contributed by atoms with van der Waals surface area (Å²) in [5.41, 5.74) is 5.33. The fourth-order valence-electron chi connectivity index (χ4n) is 0.957. The molecule has 1 heterocycles. The van der Waals surface area contributed by atoms with Crippen molar-refractivity contribution in [3.8, 4) is 0 Å². The van der Waals surface area contributed by atoms with E-state index in [1.165, 1.54) is 0 Å². The van der Waals surface area contributed by atoms with Gasteiger partial charge in [0, 0.05) is 12.8 Å². The van der Waals surface area contributed by atoms with Crippen LogP contribution in [0.4, 0.5) is 6.01 Å². The van der Waals surface area contributed by atoms with Crippen LogP contribution in [0.15, 0.2) is 4.42 Å². The van der Waals surface area contributed by atoms with Gasteiger partial charge < -0.3 is 10.2 Å². The van der Waals surface area contributed by atoms with Gasteiger partial charge in [-0.25, -0.2) is 0 Å². The summed E-state index contributed by atoms with van der Waals surface area (Å²) in [5.74, 6) is 0.123. The molecule has 6 nitrogen and oxygen atoms in total. The molecule has 1 unspecified atom stereocenters. The van der Waals surface area contributed by atoms with Gasteiger partial charge in [-0.15, -0.1) is 5.10 Å². The molecule has 6 heteroatoms. The standard InChI is InChI=1S/C8H14N4O2/c1-5(3-4-9)7(13)10-8-12-11-6(2)14-8/h5H,3-4,9H2,1-2H3,(H,10,12,13). The zero-order valence-electron chi connectivity index (χ0n) is 8.28. The van der Waals surface area contributed by atoms with Crippen LogP contribution in [0, 0.1) is 12.8 Å². The number of amides is 1. The number of aromatic nitrogens is 2. The van der Waals surface area contributed by atoms with Gasteiger partial charge in [0.25, 0.3) is 0 Å². The van der Waals surface area contributed by atoms with Crippen molar-refractivity contribution in [2.24, 2.45) is 11.7 Å². The topological polar surface area (TPSA) is 94.0 Å². The van der Waals surface area contributed by atoms with E-state index in [9.17, 15) is 4.79 Å². The molecule has 0 aliphatic carbocycles. The number of rotatable bonds is 4. The lowest BCUT2D eigenvalue weighted by Crippen LogP contribution is -2.22. The molecule has 78 valence electrons. The van der Waals surface area contributed by atoms with E-state index in [1.807, 2.05) is 0 Å². The number of hydrogen-bond donors (Lipinski definition) is 2. The molecule has 0 aliphatic rings. The zero-order chi connectivity index (χ0) is 10.6. The summed E-state index contributed by atoms with van der Waals surface area (Å²) in [6.07, 6.45) is 0.638. The van der Waals surface area contributed by atoms with Crippen molar-refractivity contribution < 1.29 is 9.21 Å². The summed E-state index contributed by atoms with van der Waals surface area (Å²) < 4.78 is 5.00. The molecule has 14 heavy (non-hydrogen) atoms. The predicted molar refractivity (Wildman–Crippen MR) is 50.5 cm³/mol. The molecule has 0 spiro atoms. The van der Waals surface area contributed by atoms with Crippen LogP contribution in [0.2, 0.25) is 0 Å². The van der Waals surface area contributed by atoms with Crippen molar-refractivity contribution in [1.82, 2.24) is 10.2 Å². The number of aryl methyl sites for hydroxylation is 1. The van der Waals surface area contributed by atoms with Gasteiger partial charge in [0.2, 0.25) is 11.8 Å². The Bertz CT molecular complexity index is 310. The summed E-state index contributed by atoms with van der Waals surface area (Å²) >= 11 is 0. The molecule has 1 rings (SSSR count). The highest BCUT2D eigenvalue weighted by Crippen LogP contribution is 2.07. The highest BCUT2D eigenvalue weighted by molar-refractivity contribution is 5.90. The second kappa shape index (κ2) is 4.71. The number of hydrogen-bond acceptors (Lipinski definition) is 5. The van der Waals surface area contributed by atoms with Gasteiger partial charge in [0.1, 0.15) is 0 Å². The summed E-state index contributed by atoms with van der Waals surface area (Å²) in [4.78, 5) is 11.4. The quantitative estimate of drug-likeness (QED) is 0.725. The number of nitrogens with one attached hydrogen (secondary N) is 1. The van der Waals surface area contributed by atoms with Crippen LogP contribution in [-0.4, -0.2) is 22.6 Å². The van der Waals surface area contributed by atoms with Gasteiger partial charge in [-0.3, -0.25) is 10.1 Å². The third-order valence-corrected chi connectivity index (χ3v) is 1.80. The van der Waals surface area contributed by atoms with Crippen molar-refractivity contribution in [3.05, 3.63) is 5.89 Å². The van der Waals surface area contributed by atoms with E-state index in [0.717, 1.165) is 0 Å². The second-order valence-corrected chi connectivity index (χ2v) is 3.09. The van der Waals surface area contributed by atoms with Crippen molar-refractivity contribution in [2.75, 3.05) is 11.9 Å². The maximum absolute atomic E-state index is 11.4. The van der Waals surface area contributed by atoms with E-state index in [1.54, 1.807) is 13.8 Å². The molecule has 1 amide bonds. The minimum absolute atomic E-state index is 0.136. The monoisotopic (exact) mass is 198 g/mol. The molecule has 1 aromatic rings. The average molecular weight is 198 g/mol. The SMILES string of the molecule is Cc1nnc(NC(=O)C(C)CCN)o1. The van der Waals surface area contributed by atoms with Crippen molar-refractivity contribution in [3.63, 3.8) is 0 Å². The summed E-state index contributed by atoms with van der Waals surface area (Å²) in [6.45, 7) is 3.94. The van der Waals surface area contributed by atoms with E-state index in [2.05, 4.69) is 15.5 Å². The smallest absolute Gasteiger partial charge is 0.322 e. The molecular weight excluding hydrogens is 184 g/mol. The van der Waals surface area contributed by atoms with Crippen molar-refractivity contribution >= 4 is 11.9 Å². The maximum Gasteiger partial charge on any atom is 0.322 e. The number of anilines is 1. The molecule has 0 saturated carbocycles. The molecule has 0 bridgehead atoms. The Morgan fingerprint density at radius 3 is 2.86 bits per heavy atom. The van der Waals surface area contributed by atoms with Gasteiger partial charge >= 0.3 is 6.01 Å². The Morgan fingerprint density at radius 2 is 2.36 bits per heavy atom. The Morgan fingerprint density at radius 1 is 1.64 bits per heavy atom. The molecule has 1 aromatic heterocycles. The third kappa shape index (κ3) is 2.81. The van der Waals surface area contributed by atoms with Crippen LogP contribution >= 0.6 is 0 Å². The largest absolute Gasteiger partial charge is 0.408 e. The lowest BCUT2D eigenvalue weighted by Gasteiger charge is -2.07. The fraction of sp³-hybridized carbons (Fsp3) is 0.625. The molecule has 0 saturated heterocycles. The highest BCUT2D eigenvalue weighted by atomic mass is 16.4. The van der Waals surface area contributed by atoms with Gasteiger partial charge in [-0.2, -0.15) is 0 Å². The number of nitrogens with zero attached hydrogens (tertiary/aromatic N) is 2. The van der Waals surface area contributed by atoms with Crippen LogP contribution < -0.4 is 11.1 Å². The minimum atomic E-state index is -0.154. The first-order chi connectivity index (χ1) is 6.63. The molecule has 1 atom stereocenters. The van der Waals surface area contributed by atoms with Crippen LogP contribution in [0.25, 0.3) is 0 Å². The van der Waals surface area contributed by atoms with Gasteiger partial charge in [-0.05, 0) is 13.0 Å². The molecule has 3 N–H and O–H groups in total. The van der Waals surface area contributed by atoms with Crippen LogP contribution in [0.3, 0.4) is 0 Å². The third-order valence-electron chi connectivity index (χ3n) is 1.80. The van der Waals surface area contributed by atoms with E-state index in [0.29, 0.717) is 18.9 Å². The zero-order valence-corrected chi connectivity index (χ0v) is 8.28. The number of nitrogens with two attached hydrogens (primary N) is 1. The van der Waals surface area contributed by atoms with Crippen molar-refractivity contribution in [1.29, 1.82) is 0 Å². The highest BCUT2D eigenvalue weighted by Gasteiger charge is 2.14. The Hall–Kier alpha value is -1.43. The lowest BCUT2D eigenvalue weighted by molar-refractivity contribution is -0.119. The average Bonchev–Trinajstić information content (AvgIpc) is 2.51. The maximum atomic E-state index is 11.4. The van der Waals surface area contributed by atoms with Gasteiger partial charge in [-0.1, -0.05) is 12.0 Å². The fourth-order valence-corrected chi connectivity index (χ4v) is 0.957. The molecule has 0 aromatic carbocycles.